The van der Waals surface area contributed by atoms with Crippen molar-refractivity contribution in [1.29, 1.82) is 0 Å². The van der Waals surface area contributed by atoms with Crippen molar-refractivity contribution in [3.05, 3.63) is 58.4 Å². The molecule has 3 heterocycles. The highest BCUT2D eigenvalue weighted by Crippen LogP contribution is 2.41. The van der Waals surface area contributed by atoms with Crippen LogP contribution in [0.4, 0.5) is 0 Å². The molecule has 2 fully saturated rings. The van der Waals surface area contributed by atoms with E-state index in [9.17, 15) is 45.6 Å². The first-order valence-corrected chi connectivity index (χ1v) is 12.1. The van der Waals surface area contributed by atoms with Crippen LogP contribution in [0.25, 0.3) is 22.1 Å². The van der Waals surface area contributed by atoms with Crippen molar-refractivity contribution in [3.8, 4) is 22.6 Å². The highest BCUT2D eigenvalue weighted by molar-refractivity contribution is 5.86. The second-order valence-electron chi connectivity index (χ2n) is 9.55. The number of aliphatic hydroxyl groups is 6. The van der Waals surface area contributed by atoms with E-state index in [-0.39, 0.29) is 34.5 Å². The van der Waals surface area contributed by atoms with E-state index in [0.717, 1.165) is 6.26 Å². The van der Waals surface area contributed by atoms with Crippen molar-refractivity contribution in [2.45, 2.75) is 55.1 Å². The van der Waals surface area contributed by atoms with Crippen molar-refractivity contribution in [1.82, 2.24) is 0 Å². The first-order valence-electron chi connectivity index (χ1n) is 12.1. The maximum atomic E-state index is 13.3. The van der Waals surface area contributed by atoms with Crippen LogP contribution in [0.2, 0.25) is 0 Å². The van der Waals surface area contributed by atoms with Gasteiger partial charge in [0.1, 0.15) is 72.2 Å². The third-order valence-corrected chi connectivity index (χ3v) is 7.01. The third kappa shape index (κ3) is 5.00. The van der Waals surface area contributed by atoms with E-state index in [1.807, 2.05) is 0 Å². The fraction of sp³-hybridized carbons (Fsp3) is 0.423. The Morgan fingerprint density at radius 1 is 0.846 bits per heavy atom. The summed E-state index contributed by atoms with van der Waals surface area (Å²) in [5.41, 5.74) is -0.120. The lowest BCUT2D eigenvalue weighted by atomic mass is 9.89. The van der Waals surface area contributed by atoms with Crippen molar-refractivity contribution >= 4 is 11.0 Å². The van der Waals surface area contributed by atoms with Crippen molar-refractivity contribution < 1.29 is 59.5 Å². The minimum Gasteiger partial charge on any atom is -0.508 e. The molecule has 0 aliphatic carbocycles. The zero-order valence-electron chi connectivity index (χ0n) is 20.3. The van der Waals surface area contributed by atoms with Gasteiger partial charge in [-0.25, -0.2) is 0 Å². The first-order chi connectivity index (χ1) is 18.6. The summed E-state index contributed by atoms with van der Waals surface area (Å²) in [6.45, 7) is -0.817. The number of hydrogen-bond donors (Lipinski definition) is 8. The zero-order valence-corrected chi connectivity index (χ0v) is 20.3. The van der Waals surface area contributed by atoms with E-state index in [4.69, 9.17) is 18.6 Å². The van der Waals surface area contributed by atoms with Gasteiger partial charge in [0.15, 0.2) is 6.29 Å². The Balaban J connectivity index is 1.45. The minimum absolute atomic E-state index is 0.0113. The van der Waals surface area contributed by atoms with Crippen LogP contribution >= 0.6 is 0 Å². The van der Waals surface area contributed by atoms with Crippen LogP contribution in [-0.4, -0.2) is 103 Å². The number of benzene rings is 2. The molecule has 2 aliphatic rings. The molecule has 2 aromatic carbocycles. The molecule has 0 spiro atoms. The van der Waals surface area contributed by atoms with E-state index < -0.39 is 72.9 Å². The molecule has 5 rings (SSSR count). The topological polar surface area (TPSA) is 220 Å². The van der Waals surface area contributed by atoms with E-state index in [0.29, 0.717) is 5.56 Å². The Morgan fingerprint density at radius 2 is 1.56 bits per heavy atom. The fourth-order valence-electron chi connectivity index (χ4n) is 4.77. The van der Waals surface area contributed by atoms with Crippen LogP contribution in [0, 0.1) is 0 Å². The van der Waals surface area contributed by atoms with Crippen LogP contribution in [-0.2, 0) is 14.2 Å². The summed E-state index contributed by atoms with van der Waals surface area (Å²) in [5.74, 6) is -0.407. The largest absolute Gasteiger partial charge is 0.508 e. The quantitative estimate of drug-likeness (QED) is 0.189. The lowest BCUT2D eigenvalue weighted by Gasteiger charge is -2.42. The summed E-state index contributed by atoms with van der Waals surface area (Å²) >= 11 is 0. The van der Waals surface area contributed by atoms with Gasteiger partial charge in [-0.2, -0.15) is 0 Å². The number of fused-ring (bicyclic) bond motifs is 1. The summed E-state index contributed by atoms with van der Waals surface area (Å²) in [6.07, 6.45) is -12.7. The molecule has 3 unspecified atom stereocenters. The van der Waals surface area contributed by atoms with Gasteiger partial charge in [-0.3, -0.25) is 4.79 Å². The molecule has 210 valence electrons. The molecule has 39 heavy (non-hydrogen) atoms. The average Bonchev–Trinajstić information content (AvgIpc) is 2.92. The Hall–Kier alpha value is -3.11. The molecule has 13 heteroatoms. The number of aliphatic hydroxyl groups excluding tert-OH is 6. The number of ether oxygens (including phenoxy) is 3. The van der Waals surface area contributed by atoms with Gasteiger partial charge in [0.05, 0.1) is 29.7 Å². The second-order valence-corrected chi connectivity index (χ2v) is 9.55. The zero-order chi connectivity index (χ0) is 28.0. The smallest absolute Gasteiger partial charge is 0.200 e. The fourth-order valence-corrected chi connectivity index (χ4v) is 4.77. The molecular formula is C26H28O13. The monoisotopic (exact) mass is 548 g/mol. The number of phenols is 2. The molecular weight excluding hydrogens is 520 g/mol. The molecule has 0 radical (unpaired) electrons. The molecule has 0 amide bonds. The number of hydrogen-bond acceptors (Lipinski definition) is 13. The lowest BCUT2D eigenvalue weighted by molar-refractivity contribution is -0.291. The Labute approximate surface area is 220 Å². The van der Waals surface area contributed by atoms with Crippen molar-refractivity contribution in [3.63, 3.8) is 0 Å². The van der Waals surface area contributed by atoms with Crippen LogP contribution in [0.1, 0.15) is 11.7 Å². The van der Waals surface area contributed by atoms with Gasteiger partial charge in [-0.05, 0) is 29.8 Å². The summed E-state index contributed by atoms with van der Waals surface area (Å²) < 4.78 is 22.1. The van der Waals surface area contributed by atoms with E-state index in [1.165, 1.54) is 36.4 Å². The molecule has 8 N–H and O–H groups in total. The molecule has 1 aromatic heterocycles. The molecule has 13 nitrogen and oxygen atoms in total. The molecule has 0 saturated carbocycles. The van der Waals surface area contributed by atoms with Gasteiger partial charge < -0.3 is 59.5 Å². The van der Waals surface area contributed by atoms with E-state index >= 15 is 0 Å². The van der Waals surface area contributed by atoms with Gasteiger partial charge in [-0.1, -0.05) is 12.1 Å². The molecule has 9 atom stereocenters. The predicted molar refractivity (Wildman–Crippen MR) is 131 cm³/mol. The van der Waals surface area contributed by atoms with Crippen molar-refractivity contribution in [2.24, 2.45) is 0 Å². The predicted octanol–water partition coefficient (Wildman–Crippen LogP) is -1.15. The molecule has 3 aromatic rings. The number of phenolic OH excluding ortho intramolecular Hbond substituents is 2. The summed E-state index contributed by atoms with van der Waals surface area (Å²) in [6, 6.07) is 8.39. The summed E-state index contributed by atoms with van der Waals surface area (Å²) in [4.78, 5) is 13.3. The minimum atomic E-state index is -1.78. The van der Waals surface area contributed by atoms with Crippen LogP contribution in [0.3, 0.4) is 0 Å². The van der Waals surface area contributed by atoms with Gasteiger partial charge in [-0.15, -0.1) is 0 Å². The normalized spacial score (nSPS) is 33.3. The number of rotatable bonds is 5. The van der Waals surface area contributed by atoms with Crippen LogP contribution in [0.15, 0.2) is 51.9 Å². The standard InChI is InChI=1S/C26H28O13/c27-11-3-1-10(2-4-11)13-7-36-24-12(18(13)30)5-6-14(28)17(24)25-22(34)21(33)20(32)16(39-25)9-38-26-23(35)19(31)15(29)8-37-26/h1-7,15-16,19-23,25-29,31-35H,8-9H2/t15-,16+,19+,20-,21?,22?,23?,25+,26+/m1/s1. The van der Waals surface area contributed by atoms with Crippen LogP contribution in [0.5, 0.6) is 11.5 Å². The Bertz CT molecular complexity index is 1370. The molecule has 0 bridgehead atoms. The Morgan fingerprint density at radius 3 is 2.28 bits per heavy atom. The van der Waals surface area contributed by atoms with Gasteiger partial charge in [0.2, 0.25) is 5.43 Å². The van der Waals surface area contributed by atoms with Gasteiger partial charge in [0, 0.05) is 0 Å². The van der Waals surface area contributed by atoms with Gasteiger partial charge >= 0.3 is 0 Å². The van der Waals surface area contributed by atoms with Crippen LogP contribution < -0.4 is 5.43 Å². The molecule has 2 aliphatic heterocycles. The molecule has 2 saturated heterocycles. The summed E-state index contributed by atoms with van der Waals surface area (Å²) in [5, 5.41) is 81.6. The maximum Gasteiger partial charge on any atom is 0.200 e. The highest BCUT2D eigenvalue weighted by Gasteiger charge is 2.47. The van der Waals surface area contributed by atoms with Crippen molar-refractivity contribution in [2.75, 3.05) is 13.2 Å². The lowest BCUT2D eigenvalue weighted by Crippen LogP contribution is -2.57. The van der Waals surface area contributed by atoms with E-state index in [2.05, 4.69) is 0 Å². The highest BCUT2D eigenvalue weighted by atomic mass is 16.7. The second kappa shape index (κ2) is 10.8. The first kappa shape index (κ1) is 27.5. The number of aromatic hydroxyl groups is 2. The third-order valence-electron chi connectivity index (χ3n) is 7.01. The van der Waals surface area contributed by atoms with E-state index in [1.54, 1.807) is 0 Å². The van der Waals surface area contributed by atoms with Gasteiger partial charge in [0.25, 0.3) is 0 Å². The average molecular weight is 548 g/mol. The maximum absolute atomic E-state index is 13.3. The Kier molecular flexibility index (Phi) is 7.61. The summed E-state index contributed by atoms with van der Waals surface area (Å²) in [7, 11) is 0. The SMILES string of the molecule is O=c1c(-c2ccc(O)cc2)coc2c([C@@H]3O[C@@H](CO[C@@H]4OC[C@@H](O)[C@H](O)C4O)[C@@H](O)C(O)C3O)c(O)ccc12.